The van der Waals surface area contributed by atoms with Crippen LogP contribution in [0.3, 0.4) is 0 Å². The summed E-state index contributed by atoms with van der Waals surface area (Å²) in [6, 6.07) is 30.4. The molecule has 0 radical (unpaired) electrons. The fourth-order valence-corrected chi connectivity index (χ4v) is 5.15. The molecule has 0 saturated heterocycles. The number of hydrogen-bond acceptors (Lipinski definition) is 0. The first-order chi connectivity index (χ1) is 20.1. The van der Waals surface area contributed by atoms with E-state index in [9.17, 15) is 26.3 Å². The second-order valence-corrected chi connectivity index (χ2v) is 10.1. The van der Waals surface area contributed by atoms with Crippen molar-refractivity contribution < 1.29 is 26.3 Å². The molecule has 0 spiro atoms. The lowest BCUT2D eigenvalue weighted by molar-refractivity contribution is -0.138. The van der Waals surface area contributed by atoms with E-state index in [2.05, 4.69) is 24.3 Å². The average Bonchev–Trinajstić information content (AvgIpc) is 2.98. The summed E-state index contributed by atoms with van der Waals surface area (Å²) in [5.74, 6) is 0. The highest BCUT2D eigenvalue weighted by molar-refractivity contribution is 6.25. The van der Waals surface area contributed by atoms with E-state index in [1.54, 1.807) is 12.2 Å². The van der Waals surface area contributed by atoms with Crippen LogP contribution in [0.1, 0.15) is 33.4 Å². The Morgan fingerprint density at radius 1 is 0.333 bits per heavy atom. The third-order valence-corrected chi connectivity index (χ3v) is 7.30. The van der Waals surface area contributed by atoms with Gasteiger partial charge in [-0.15, -0.1) is 0 Å². The Morgan fingerprint density at radius 2 is 0.643 bits per heavy atom. The normalized spacial score (nSPS) is 12.8. The Morgan fingerprint density at radius 3 is 1.00 bits per heavy atom. The first-order valence-electron chi connectivity index (χ1n) is 13.2. The van der Waals surface area contributed by atoms with Gasteiger partial charge in [0.25, 0.3) is 0 Å². The van der Waals surface area contributed by atoms with Gasteiger partial charge in [0.2, 0.25) is 0 Å². The molecule has 0 aromatic heterocycles. The van der Waals surface area contributed by atoms with E-state index in [1.807, 2.05) is 48.6 Å². The predicted molar refractivity (Wildman–Crippen MR) is 160 cm³/mol. The highest BCUT2D eigenvalue weighted by Gasteiger charge is 2.30. The van der Waals surface area contributed by atoms with Gasteiger partial charge in [-0.25, -0.2) is 0 Å². The molecule has 0 unspecified atom stereocenters. The Labute approximate surface area is 237 Å². The predicted octanol–water partition coefficient (Wildman–Crippen LogP) is 11.5. The van der Waals surface area contributed by atoms with Crippen LogP contribution in [0.4, 0.5) is 26.3 Å². The molecule has 208 valence electrons. The fourth-order valence-electron chi connectivity index (χ4n) is 5.15. The van der Waals surface area contributed by atoms with Crippen molar-refractivity contribution in [1.82, 2.24) is 0 Å². The van der Waals surface area contributed by atoms with Crippen molar-refractivity contribution in [3.63, 3.8) is 0 Å². The number of alkyl halides is 6. The maximum Gasteiger partial charge on any atom is 0.416 e. The monoisotopic (exact) mass is 568 g/mol. The second kappa shape index (κ2) is 10.5. The Balaban J connectivity index is 1.36. The molecule has 6 aromatic carbocycles. The molecule has 0 aliphatic rings. The van der Waals surface area contributed by atoms with Crippen molar-refractivity contribution in [2.75, 3.05) is 0 Å². The molecule has 42 heavy (non-hydrogen) atoms. The van der Waals surface area contributed by atoms with Crippen molar-refractivity contribution in [3.8, 4) is 0 Å². The van der Waals surface area contributed by atoms with E-state index >= 15 is 0 Å². The summed E-state index contributed by atoms with van der Waals surface area (Å²) >= 11 is 0. The van der Waals surface area contributed by atoms with Gasteiger partial charge < -0.3 is 0 Å². The van der Waals surface area contributed by atoms with Gasteiger partial charge in [0.15, 0.2) is 0 Å². The molecule has 0 atom stereocenters. The van der Waals surface area contributed by atoms with Crippen molar-refractivity contribution >= 4 is 56.6 Å². The van der Waals surface area contributed by atoms with Crippen LogP contribution in [0.5, 0.6) is 0 Å². The number of hydrogen-bond donors (Lipinski definition) is 0. The molecular weight excluding hydrogens is 546 g/mol. The minimum absolute atomic E-state index is 0.670. The maximum absolute atomic E-state index is 12.9. The number of benzene rings is 6. The zero-order valence-electron chi connectivity index (χ0n) is 22.0. The average molecular weight is 569 g/mol. The lowest BCUT2D eigenvalue weighted by atomic mass is 9.92. The summed E-state index contributed by atoms with van der Waals surface area (Å²) in [5, 5.41) is 6.37. The standard InChI is InChI=1S/C36H22F6/c37-35(38,39)27-15-9-23(10-16-27)5-7-25-13-19-31-32-20-14-26(8-6-24-11-17-28(18-12-24)36(40,41)42)22-34(32)30-4-2-1-3-29(30)33(31)21-25/h1-22H/b7-5+,8-6+. The first kappa shape index (κ1) is 27.3. The quantitative estimate of drug-likeness (QED) is 0.113. The lowest BCUT2D eigenvalue weighted by Crippen LogP contribution is -2.03. The lowest BCUT2D eigenvalue weighted by Gasteiger charge is -2.12. The van der Waals surface area contributed by atoms with Gasteiger partial charge in [0.05, 0.1) is 11.1 Å². The van der Waals surface area contributed by atoms with Crippen LogP contribution in [-0.4, -0.2) is 0 Å². The Bertz CT molecular complexity index is 1810. The van der Waals surface area contributed by atoms with Crippen molar-refractivity contribution in [2.24, 2.45) is 0 Å². The van der Waals surface area contributed by atoms with E-state index in [0.29, 0.717) is 11.1 Å². The van der Waals surface area contributed by atoms with E-state index in [0.717, 1.165) is 67.7 Å². The zero-order chi connectivity index (χ0) is 29.5. The van der Waals surface area contributed by atoms with E-state index in [1.165, 1.54) is 24.3 Å². The third-order valence-electron chi connectivity index (χ3n) is 7.30. The van der Waals surface area contributed by atoms with E-state index in [-0.39, 0.29) is 0 Å². The van der Waals surface area contributed by atoms with Gasteiger partial charge in [0, 0.05) is 0 Å². The maximum atomic E-state index is 12.9. The van der Waals surface area contributed by atoms with Gasteiger partial charge in [0.1, 0.15) is 0 Å². The summed E-state index contributed by atoms with van der Waals surface area (Å²) in [5.41, 5.74) is 1.82. The molecule has 6 aromatic rings. The summed E-state index contributed by atoms with van der Waals surface area (Å²) < 4.78 is 77.3. The molecular formula is C36H22F6. The second-order valence-electron chi connectivity index (χ2n) is 10.1. The van der Waals surface area contributed by atoms with Crippen molar-refractivity contribution in [2.45, 2.75) is 12.4 Å². The van der Waals surface area contributed by atoms with Crippen LogP contribution in [-0.2, 0) is 12.4 Å². The molecule has 0 fully saturated rings. The molecule has 0 aliphatic carbocycles. The molecule has 6 heteroatoms. The van der Waals surface area contributed by atoms with E-state index < -0.39 is 23.5 Å². The molecule has 0 nitrogen and oxygen atoms in total. The minimum atomic E-state index is -4.37. The zero-order valence-corrected chi connectivity index (χ0v) is 22.0. The van der Waals surface area contributed by atoms with Crippen molar-refractivity contribution in [3.05, 3.63) is 143 Å². The van der Waals surface area contributed by atoms with Crippen LogP contribution in [0.15, 0.2) is 109 Å². The summed E-state index contributed by atoms with van der Waals surface area (Å²) in [7, 11) is 0. The Kier molecular flexibility index (Phi) is 6.85. The number of halogens is 6. The van der Waals surface area contributed by atoms with Crippen LogP contribution >= 0.6 is 0 Å². The Hall–Kier alpha value is -4.84. The topological polar surface area (TPSA) is 0 Å². The highest BCUT2D eigenvalue weighted by Crippen LogP contribution is 2.37. The molecule has 0 bridgehead atoms. The van der Waals surface area contributed by atoms with E-state index in [4.69, 9.17) is 0 Å². The summed E-state index contributed by atoms with van der Waals surface area (Å²) in [6.45, 7) is 0. The largest absolute Gasteiger partial charge is 0.416 e. The molecule has 0 aliphatic heterocycles. The third kappa shape index (κ3) is 5.53. The SMILES string of the molecule is FC(F)(F)c1ccc(/C=C/c2ccc3c4ccc(/C=C/c5ccc(C(F)(F)F)cc5)cc4c4ccccc4c3c2)cc1. The van der Waals surface area contributed by atoms with Crippen LogP contribution < -0.4 is 0 Å². The highest BCUT2D eigenvalue weighted by atomic mass is 19.4. The minimum Gasteiger partial charge on any atom is -0.166 e. The smallest absolute Gasteiger partial charge is 0.166 e. The number of fused-ring (bicyclic) bond motifs is 6. The van der Waals surface area contributed by atoms with Gasteiger partial charge in [-0.1, -0.05) is 97.1 Å². The fraction of sp³-hybridized carbons (Fsp3) is 0.0556. The van der Waals surface area contributed by atoms with Crippen LogP contribution in [0.2, 0.25) is 0 Å². The number of rotatable bonds is 4. The van der Waals surface area contributed by atoms with Crippen molar-refractivity contribution in [1.29, 1.82) is 0 Å². The molecule has 0 heterocycles. The van der Waals surface area contributed by atoms with Gasteiger partial charge in [-0.05, 0) is 91.0 Å². The van der Waals surface area contributed by atoms with Gasteiger partial charge in [-0.3, -0.25) is 0 Å². The van der Waals surface area contributed by atoms with Crippen LogP contribution in [0, 0.1) is 0 Å². The molecule has 0 amide bonds. The van der Waals surface area contributed by atoms with Gasteiger partial charge >= 0.3 is 12.4 Å². The molecule has 6 rings (SSSR count). The summed E-state index contributed by atoms with van der Waals surface area (Å²) in [4.78, 5) is 0. The first-order valence-corrected chi connectivity index (χ1v) is 13.2. The summed E-state index contributed by atoms with van der Waals surface area (Å²) in [6.07, 6.45) is -1.38. The van der Waals surface area contributed by atoms with Gasteiger partial charge in [-0.2, -0.15) is 26.3 Å². The molecule has 0 saturated carbocycles. The molecule has 0 N–H and O–H groups in total. The van der Waals surface area contributed by atoms with Crippen LogP contribution in [0.25, 0.3) is 56.6 Å².